The van der Waals surface area contributed by atoms with Crippen LogP contribution in [0.4, 0.5) is 5.95 Å². The maximum absolute atomic E-state index is 11.7. The number of hydrogen-bond donors (Lipinski definition) is 1. The van der Waals surface area contributed by atoms with Gasteiger partial charge in [0.25, 0.3) is 0 Å². The molecule has 0 aromatic carbocycles. The maximum atomic E-state index is 11.7. The number of aryl methyl sites for hydroxylation is 2. The second-order valence-electron chi connectivity index (χ2n) is 3.66. The Morgan fingerprint density at radius 2 is 2.29 bits per heavy atom. The van der Waals surface area contributed by atoms with E-state index < -0.39 is 0 Å². The lowest BCUT2D eigenvalue weighted by atomic mass is 10.2. The molecule has 1 N–H and O–H groups in total. The molecule has 0 spiro atoms. The Bertz CT molecular complexity index is 518. The highest BCUT2D eigenvalue weighted by Crippen LogP contribution is 2.03. The van der Waals surface area contributed by atoms with Crippen LogP contribution in [0.1, 0.15) is 11.3 Å². The lowest BCUT2D eigenvalue weighted by Gasteiger charge is -2.03. The topological polar surface area (TPSA) is 85.6 Å². The van der Waals surface area contributed by atoms with Gasteiger partial charge in [0.2, 0.25) is 11.9 Å². The lowest BCUT2D eigenvalue weighted by molar-refractivity contribution is -0.115. The van der Waals surface area contributed by atoms with Gasteiger partial charge < -0.3 is 0 Å². The zero-order chi connectivity index (χ0) is 12.3. The molecule has 88 valence electrons. The Morgan fingerprint density at radius 3 is 2.88 bits per heavy atom. The molecule has 0 aliphatic heterocycles. The predicted molar refractivity (Wildman–Crippen MR) is 60.1 cm³/mol. The van der Waals surface area contributed by atoms with E-state index in [-0.39, 0.29) is 12.3 Å². The summed E-state index contributed by atoms with van der Waals surface area (Å²) in [6, 6.07) is 3.74. The van der Waals surface area contributed by atoms with Gasteiger partial charge in [-0.05, 0) is 29.0 Å². The SMILES string of the molecule is Cc1ccc(CC(=O)Nc2nnnn2C)cn1. The standard InChI is InChI=1S/C10H12N6O/c1-7-3-4-8(6-11-7)5-9(17)12-10-13-14-15-16(10)2/h3-4,6H,5H2,1-2H3,(H,12,13,15,17). The van der Waals surface area contributed by atoms with E-state index in [1.165, 1.54) is 4.68 Å². The summed E-state index contributed by atoms with van der Waals surface area (Å²) in [4.78, 5) is 15.8. The van der Waals surface area contributed by atoms with Crippen LogP contribution < -0.4 is 5.32 Å². The number of rotatable bonds is 3. The van der Waals surface area contributed by atoms with Crippen LogP contribution >= 0.6 is 0 Å². The number of tetrazole rings is 1. The number of nitrogens with one attached hydrogen (secondary N) is 1. The van der Waals surface area contributed by atoms with Crippen LogP contribution in [0.25, 0.3) is 0 Å². The van der Waals surface area contributed by atoms with Crippen LogP contribution in [0, 0.1) is 6.92 Å². The van der Waals surface area contributed by atoms with Gasteiger partial charge in [-0.1, -0.05) is 11.2 Å². The van der Waals surface area contributed by atoms with Gasteiger partial charge in [0, 0.05) is 18.9 Å². The minimum Gasteiger partial charge on any atom is -0.293 e. The van der Waals surface area contributed by atoms with Gasteiger partial charge in [-0.25, -0.2) is 4.68 Å². The Balaban J connectivity index is 1.98. The third-order valence-electron chi connectivity index (χ3n) is 2.21. The maximum Gasteiger partial charge on any atom is 0.249 e. The monoisotopic (exact) mass is 232 g/mol. The van der Waals surface area contributed by atoms with Gasteiger partial charge in [0.1, 0.15) is 0 Å². The van der Waals surface area contributed by atoms with E-state index in [0.29, 0.717) is 5.95 Å². The number of pyridine rings is 1. The van der Waals surface area contributed by atoms with E-state index in [4.69, 9.17) is 0 Å². The zero-order valence-corrected chi connectivity index (χ0v) is 9.58. The third-order valence-corrected chi connectivity index (χ3v) is 2.21. The first-order valence-corrected chi connectivity index (χ1v) is 5.09. The van der Waals surface area contributed by atoms with E-state index in [2.05, 4.69) is 25.8 Å². The highest BCUT2D eigenvalue weighted by atomic mass is 16.1. The van der Waals surface area contributed by atoms with Crippen molar-refractivity contribution in [2.75, 3.05) is 5.32 Å². The smallest absolute Gasteiger partial charge is 0.249 e. The van der Waals surface area contributed by atoms with Crippen LogP contribution in [0.2, 0.25) is 0 Å². The molecule has 0 aliphatic rings. The van der Waals surface area contributed by atoms with Gasteiger partial charge in [0.15, 0.2) is 0 Å². The van der Waals surface area contributed by atoms with Gasteiger partial charge in [-0.3, -0.25) is 15.1 Å². The van der Waals surface area contributed by atoms with Crippen LogP contribution in [-0.4, -0.2) is 31.1 Å². The van der Waals surface area contributed by atoms with Crippen LogP contribution in [0.5, 0.6) is 0 Å². The number of hydrogen-bond acceptors (Lipinski definition) is 5. The van der Waals surface area contributed by atoms with E-state index >= 15 is 0 Å². The number of amides is 1. The first kappa shape index (κ1) is 11.2. The van der Waals surface area contributed by atoms with Crippen molar-refractivity contribution in [2.45, 2.75) is 13.3 Å². The second kappa shape index (κ2) is 4.69. The summed E-state index contributed by atoms with van der Waals surface area (Å²) >= 11 is 0. The zero-order valence-electron chi connectivity index (χ0n) is 9.58. The van der Waals surface area contributed by atoms with Crippen molar-refractivity contribution in [2.24, 2.45) is 7.05 Å². The summed E-state index contributed by atoms with van der Waals surface area (Å²) in [7, 11) is 1.66. The summed E-state index contributed by atoms with van der Waals surface area (Å²) in [5, 5.41) is 13.3. The molecular weight excluding hydrogens is 220 g/mol. The summed E-state index contributed by atoms with van der Waals surface area (Å²) in [5.74, 6) is 0.156. The average molecular weight is 232 g/mol. The van der Waals surface area contributed by atoms with Gasteiger partial charge >= 0.3 is 0 Å². The predicted octanol–water partition coefficient (Wildman–Crippen LogP) is 0.0947. The molecule has 0 saturated carbocycles. The molecule has 0 bridgehead atoms. The molecular formula is C10H12N6O. The van der Waals surface area contributed by atoms with Crippen LogP contribution in [0.15, 0.2) is 18.3 Å². The van der Waals surface area contributed by atoms with Crippen molar-refractivity contribution < 1.29 is 4.79 Å². The molecule has 0 radical (unpaired) electrons. The van der Waals surface area contributed by atoms with Gasteiger partial charge in [-0.2, -0.15) is 0 Å². The number of anilines is 1. The number of carbonyl (C=O) groups is 1. The fourth-order valence-corrected chi connectivity index (χ4v) is 1.29. The summed E-state index contributed by atoms with van der Waals surface area (Å²) in [6.07, 6.45) is 1.93. The Kier molecular flexibility index (Phi) is 3.08. The first-order valence-electron chi connectivity index (χ1n) is 5.09. The molecule has 2 heterocycles. The fourth-order valence-electron chi connectivity index (χ4n) is 1.29. The summed E-state index contributed by atoms with van der Waals surface area (Å²) < 4.78 is 1.39. The Morgan fingerprint density at radius 1 is 1.47 bits per heavy atom. The van der Waals surface area contributed by atoms with Crippen LogP contribution in [0.3, 0.4) is 0 Å². The molecule has 0 aliphatic carbocycles. The van der Waals surface area contributed by atoms with Crippen LogP contribution in [-0.2, 0) is 18.3 Å². The molecule has 2 aromatic heterocycles. The molecule has 2 aromatic rings. The molecule has 0 saturated heterocycles. The minimum absolute atomic E-state index is 0.173. The minimum atomic E-state index is -0.173. The van der Waals surface area contributed by atoms with E-state index in [0.717, 1.165) is 11.3 Å². The van der Waals surface area contributed by atoms with Crippen molar-refractivity contribution in [3.8, 4) is 0 Å². The molecule has 0 atom stereocenters. The molecule has 7 heteroatoms. The highest BCUT2D eigenvalue weighted by Gasteiger charge is 2.08. The molecule has 0 fully saturated rings. The number of aromatic nitrogens is 5. The third kappa shape index (κ3) is 2.83. The van der Waals surface area contributed by atoms with E-state index in [9.17, 15) is 4.79 Å². The molecule has 7 nitrogen and oxygen atoms in total. The average Bonchev–Trinajstić information content (AvgIpc) is 2.68. The van der Waals surface area contributed by atoms with Crippen molar-refractivity contribution in [3.63, 3.8) is 0 Å². The lowest BCUT2D eigenvalue weighted by Crippen LogP contribution is -2.17. The fraction of sp³-hybridized carbons (Fsp3) is 0.300. The Hall–Kier alpha value is -2.31. The summed E-state index contributed by atoms with van der Waals surface area (Å²) in [5.41, 5.74) is 1.77. The van der Waals surface area contributed by atoms with E-state index in [1.54, 1.807) is 13.2 Å². The molecule has 0 unspecified atom stereocenters. The first-order chi connectivity index (χ1) is 8.15. The van der Waals surface area contributed by atoms with Crippen molar-refractivity contribution in [3.05, 3.63) is 29.6 Å². The van der Waals surface area contributed by atoms with Crippen molar-refractivity contribution in [1.82, 2.24) is 25.2 Å². The normalized spacial score (nSPS) is 10.2. The summed E-state index contributed by atoms with van der Waals surface area (Å²) in [6.45, 7) is 1.90. The molecule has 1 amide bonds. The van der Waals surface area contributed by atoms with Gasteiger partial charge in [0.05, 0.1) is 6.42 Å². The Labute approximate surface area is 97.9 Å². The quantitative estimate of drug-likeness (QED) is 0.810. The number of carbonyl (C=O) groups excluding carboxylic acids is 1. The second-order valence-corrected chi connectivity index (χ2v) is 3.66. The highest BCUT2D eigenvalue weighted by molar-refractivity contribution is 5.90. The molecule has 17 heavy (non-hydrogen) atoms. The van der Waals surface area contributed by atoms with Gasteiger partial charge in [-0.15, -0.1) is 0 Å². The largest absolute Gasteiger partial charge is 0.293 e. The van der Waals surface area contributed by atoms with Crippen molar-refractivity contribution >= 4 is 11.9 Å². The molecule has 2 rings (SSSR count). The van der Waals surface area contributed by atoms with E-state index in [1.807, 2.05) is 19.1 Å². The number of nitrogens with zero attached hydrogens (tertiary/aromatic N) is 5. The van der Waals surface area contributed by atoms with Crippen molar-refractivity contribution in [1.29, 1.82) is 0 Å².